The predicted molar refractivity (Wildman–Crippen MR) is 50.4 cm³/mol. The van der Waals surface area contributed by atoms with Crippen LogP contribution in [0.15, 0.2) is 0 Å². The summed E-state index contributed by atoms with van der Waals surface area (Å²) in [5.41, 5.74) is 5.58. The van der Waals surface area contributed by atoms with Gasteiger partial charge in [-0.05, 0) is 25.4 Å². The number of Topliss-reactive ketones (excluding diaryl/α,β-unsaturated/α-hetero) is 1. The number of ether oxygens (including phenoxy) is 1. The Balaban J connectivity index is 2.50. The molecule has 0 radical (unpaired) electrons. The summed E-state index contributed by atoms with van der Waals surface area (Å²) in [6.45, 7) is 2.48. The normalized spacial score (nSPS) is 30.2. The molecule has 1 heterocycles. The van der Waals surface area contributed by atoms with Gasteiger partial charge in [-0.25, -0.2) is 0 Å². The fourth-order valence-corrected chi connectivity index (χ4v) is 1.70. The molecule has 1 aliphatic rings. The molecule has 0 aromatic rings. The summed E-state index contributed by atoms with van der Waals surface area (Å²) in [7, 11) is 1.63. The molecule has 0 spiro atoms. The lowest BCUT2D eigenvalue weighted by Crippen LogP contribution is -2.27. The van der Waals surface area contributed by atoms with Gasteiger partial charge in [-0.3, -0.25) is 4.79 Å². The SMILES string of the molecule is COCC1CC(CN)CNCC1=O. The van der Waals surface area contributed by atoms with E-state index in [1.807, 2.05) is 0 Å². The Kier molecular flexibility index (Phi) is 4.35. The molecule has 2 unspecified atom stereocenters. The van der Waals surface area contributed by atoms with Gasteiger partial charge in [0.2, 0.25) is 0 Å². The molecule has 0 aromatic heterocycles. The van der Waals surface area contributed by atoms with Gasteiger partial charge in [0.15, 0.2) is 5.78 Å². The first-order chi connectivity index (χ1) is 6.27. The molecule has 0 aromatic carbocycles. The minimum atomic E-state index is 0.0357. The van der Waals surface area contributed by atoms with Crippen molar-refractivity contribution in [2.75, 3.05) is 33.4 Å². The molecule has 0 aliphatic carbocycles. The van der Waals surface area contributed by atoms with Crippen LogP contribution in [-0.2, 0) is 9.53 Å². The molecule has 1 aliphatic heterocycles. The maximum absolute atomic E-state index is 11.5. The molecule has 1 rings (SSSR count). The molecule has 76 valence electrons. The fourth-order valence-electron chi connectivity index (χ4n) is 1.70. The van der Waals surface area contributed by atoms with E-state index in [1.165, 1.54) is 0 Å². The number of nitrogens with two attached hydrogens (primary N) is 1. The zero-order chi connectivity index (χ0) is 9.68. The number of methoxy groups -OCH3 is 1. The highest BCUT2D eigenvalue weighted by atomic mass is 16.5. The second kappa shape index (κ2) is 5.32. The van der Waals surface area contributed by atoms with Crippen molar-refractivity contribution < 1.29 is 9.53 Å². The molecule has 4 nitrogen and oxygen atoms in total. The van der Waals surface area contributed by atoms with Crippen molar-refractivity contribution >= 4 is 5.78 Å². The third kappa shape index (κ3) is 3.06. The Hall–Kier alpha value is -0.450. The fraction of sp³-hybridized carbons (Fsp3) is 0.889. The molecule has 0 saturated carbocycles. The van der Waals surface area contributed by atoms with E-state index in [9.17, 15) is 4.79 Å². The van der Waals surface area contributed by atoms with Crippen molar-refractivity contribution in [3.05, 3.63) is 0 Å². The Morgan fingerprint density at radius 1 is 1.69 bits per heavy atom. The predicted octanol–water partition coefficient (Wildman–Crippen LogP) is -0.614. The summed E-state index contributed by atoms with van der Waals surface area (Å²) in [4.78, 5) is 11.5. The molecule has 13 heavy (non-hydrogen) atoms. The number of hydrogen-bond acceptors (Lipinski definition) is 4. The minimum Gasteiger partial charge on any atom is -0.384 e. The highest BCUT2D eigenvalue weighted by molar-refractivity contribution is 5.83. The number of ketones is 1. The molecule has 0 amide bonds. The van der Waals surface area contributed by atoms with Gasteiger partial charge >= 0.3 is 0 Å². The van der Waals surface area contributed by atoms with Crippen molar-refractivity contribution in [1.29, 1.82) is 0 Å². The number of hydrogen-bond donors (Lipinski definition) is 2. The van der Waals surface area contributed by atoms with E-state index in [1.54, 1.807) is 7.11 Å². The minimum absolute atomic E-state index is 0.0357. The van der Waals surface area contributed by atoms with E-state index in [2.05, 4.69) is 5.32 Å². The van der Waals surface area contributed by atoms with Gasteiger partial charge in [-0.2, -0.15) is 0 Å². The Morgan fingerprint density at radius 2 is 2.46 bits per heavy atom. The first-order valence-electron chi connectivity index (χ1n) is 4.70. The summed E-state index contributed by atoms with van der Waals surface area (Å²) < 4.78 is 5.01. The number of nitrogens with one attached hydrogen (secondary N) is 1. The largest absolute Gasteiger partial charge is 0.384 e. The van der Waals surface area contributed by atoms with Crippen LogP contribution in [0.25, 0.3) is 0 Å². The average molecular weight is 186 g/mol. The summed E-state index contributed by atoms with van der Waals surface area (Å²) in [6, 6.07) is 0. The van der Waals surface area contributed by atoms with Gasteiger partial charge in [0.05, 0.1) is 13.2 Å². The maximum atomic E-state index is 11.5. The molecule has 1 saturated heterocycles. The van der Waals surface area contributed by atoms with E-state index < -0.39 is 0 Å². The molecule has 3 N–H and O–H groups in total. The first-order valence-corrected chi connectivity index (χ1v) is 4.70. The third-order valence-electron chi connectivity index (χ3n) is 2.51. The van der Waals surface area contributed by atoms with Crippen LogP contribution < -0.4 is 11.1 Å². The number of carbonyl (C=O) groups is 1. The van der Waals surface area contributed by atoms with Crippen molar-refractivity contribution in [2.45, 2.75) is 6.42 Å². The van der Waals surface area contributed by atoms with Crippen molar-refractivity contribution in [3.8, 4) is 0 Å². The first kappa shape index (κ1) is 10.6. The summed E-state index contributed by atoms with van der Waals surface area (Å²) in [5.74, 6) is 0.693. The van der Waals surface area contributed by atoms with Gasteiger partial charge in [-0.1, -0.05) is 0 Å². The second-order valence-electron chi connectivity index (χ2n) is 3.59. The Bertz CT molecular complexity index is 173. The average Bonchev–Trinajstić information content (AvgIpc) is 2.30. The van der Waals surface area contributed by atoms with Gasteiger partial charge in [0.1, 0.15) is 0 Å². The van der Waals surface area contributed by atoms with Crippen molar-refractivity contribution in [1.82, 2.24) is 5.32 Å². The molecule has 4 heteroatoms. The lowest BCUT2D eigenvalue weighted by Gasteiger charge is -2.15. The van der Waals surface area contributed by atoms with E-state index in [0.717, 1.165) is 13.0 Å². The quantitative estimate of drug-likeness (QED) is 0.617. The van der Waals surface area contributed by atoms with Crippen LogP contribution in [0.4, 0.5) is 0 Å². The topological polar surface area (TPSA) is 64.3 Å². The Labute approximate surface area is 78.8 Å². The second-order valence-corrected chi connectivity index (χ2v) is 3.59. The highest BCUT2D eigenvalue weighted by Crippen LogP contribution is 2.15. The van der Waals surface area contributed by atoms with E-state index in [4.69, 9.17) is 10.5 Å². The van der Waals surface area contributed by atoms with Crippen molar-refractivity contribution in [2.24, 2.45) is 17.6 Å². The molecule has 2 atom stereocenters. The monoisotopic (exact) mass is 186 g/mol. The molecule has 1 fully saturated rings. The maximum Gasteiger partial charge on any atom is 0.151 e. The lowest BCUT2D eigenvalue weighted by molar-refractivity contribution is -0.123. The van der Waals surface area contributed by atoms with Crippen LogP contribution in [0.2, 0.25) is 0 Å². The van der Waals surface area contributed by atoms with Crippen molar-refractivity contribution in [3.63, 3.8) is 0 Å². The standard InChI is InChI=1S/C9H18N2O2/c1-13-6-8-2-7(3-10)4-11-5-9(8)12/h7-8,11H,2-6,10H2,1H3. The number of carbonyl (C=O) groups excluding carboxylic acids is 1. The van der Waals surface area contributed by atoms with Gasteiger partial charge in [-0.15, -0.1) is 0 Å². The van der Waals surface area contributed by atoms with Gasteiger partial charge < -0.3 is 15.8 Å². The zero-order valence-electron chi connectivity index (χ0n) is 8.08. The van der Waals surface area contributed by atoms with Crippen LogP contribution in [0.1, 0.15) is 6.42 Å². The van der Waals surface area contributed by atoms with Gasteiger partial charge in [0, 0.05) is 13.0 Å². The highest BCUT2D eigenvalue weighted by Gasteiger charge is 2.25. The van der Waals surface area contributed by atoms with E-state index in [0.29, 0.717) is 25.6 Å². The summed E-state index contributed by atoms with van der Waals surface area (Å²) >= 11 is 0. The smallest absolute Gasteiger partial charge is 0.151 e. The summed E-state index contributed by atoms with van der Waals surface area (Å²) in [6.07, 6.45) is 0.857. The lowest BCUT2D eigenvalue weighted by atomic mass is 9.93. The Morgan fingerprint density at radius 3 is 3.08 bits per heavy atom. The van der Waals surface area contributed by atoms with E-state index >= 15 is 0 Å². The number of rotatable bonds is 3. The molecule has 0 bridgehead atoms. The molecular weight excluding hydrogens is 168 g/mol. The van der Waals surface area contributed by atoms with Crippen LogP contribution in [-0.4, -0.2) is 39.1 Å². The van der Waals surface area contributed by atoms with Crippen LogP contribution in [0, 0.1) is 11.8 Å². The van der Waals surface area contributed by atoms with Crippen LogP contribution in [0.5, 0.6) is 0 Å². The summed E-state index contributed by atoms with van der Waals surface area (Å²) in [5, 5.41) is 3.10. The third-order valence-corrected chi connectivity index (χ3v) is 2.51. The van der Waals surface area contributed by atoms with Crippen LogP contribution in [0.3, 0.4) is 0 Å². The zero-order valence-corrected chi connectivity index (χ0v) is 8.08. The molecular formula is C9H18N2O2. The van der Waals surface area contributed by atoms with E-state index in [-0.39, 0.29) is 11.7 Å². The van der Waals surface area contributed by atoms with Crippen LogP contribution >= 0.6 is 0 Å². The van der Waals surface area contributed by atoms with Gasteiger partial charge in [0.25, 0.3) is 0 Å².